The van der Waals surface area contributed by atoms with Gasteiger partial charge in [0.1, 0.15) is 5.78 Å². The van der Waals surface area contributed by atoms with Crippen molar-refractivity contribution in [3.63, 3.8) is 0 Å². The summed E-state index contributed by atoms with van der Waals surface area (Å²) >= 11 is 0. The van der Waals surface area contributed by atoms with Crippen molar-refractivity contribution in [2.24, 2.45) is 5.92 Å². The van der Waals surface area contributed by atoms with E-state index in [0.29, 0.717) is 6.42 Å². The summed E-state index contributed by atoms with van der Waals surface area (Å²) in [5, 5.41) is 2.42. The van der Waals surface area contributed by atoms with Gasteiger partial charge in [0.05, 0.1) is 5.92 Å². The molecule has 1 atom stereocenters. The van der Waals surface area contributed by atoms with E-state index >= 15 is 0 Å². The second kappa shape index (κ2) is 4.04. The first-order valence-electron chi connectivity index (χ1n) is 3.37. The molecule has 0 rings (SSSR count). The second-order valence-corrected chi connectivity index (χ2v) is 2.16. The van der Waals surface area contributed by atoms with E-state index in [4.69, 9.17) is 0 Å². The summed E-state index contributed by atoms with van der Waals surface area (Å²) in [5.74, 6) is -0.707. The van der Waals surface area contributed by atoms with Gasteiger partial charge >= 0.3 is 0 Å². The summed E-state index contributed by atoms with van der Waals surface area (Å²) in [6, 6.07) is 0. The number of carbonyl (C=O) groups excluding carboxylic acids is 2. The zero-order valence-corrected chi connectivity index (χ0v) is 6.60. The maximum Gasteiger partial charge on any atom is 0.230 e. The Morgan fingerprint density at radius 1 is 1.50 bits per heavy atom. The van der Waals surface area contributed by atoms with Crippen LogP contribution in [0.3, 0.4) is 0 Å². The number of carbonyl (C=O) groups is 2. The van der Waals surface area contributed by atoms with Crippen molar-refractivity contribution in [2.75, 3.05) is 7.05 Å². The quantitative estimate of drug-likeness (QED) is 0.579. The molecule has 3 heteroatoms. The van der Waals surface area contributed by atoms with Crippen molar-refractivity contribution in [1.29, 1.82) is 0 Å². The minimum absolute atomic E-state index is 0.0145. The molecule has 3 nitrogen and oxygen atoms in total. The van der Waals surface area contributed by atoms with Gasteiger partial charge in [-0.25, -0.2) is 0 Å². The van der Waals surface area contributed by atoms with Crippen molar-refractivity contribution in [3.05, 3.63) is 0 Å². The predicted octanol–water partition coefficient (Wildman–Crippen LogP) is 0.348. The fraction of sp³-hybridized carbons (Fsp3) is 0.714. The molecule has 0 aromatic carbocycles. The van der Waals surface area contributed by atoms with Crippen molar-refractivity contribution in [2.45, 2.75) is 20.3 Å². The standard InChI is InChI=1S/C7H13NO2/c1-4-6(9)5(2)7(10)8-3/h5H,4H2,1-3H3,(H,8,10). The molecule has 58 valence electrons. The highest BCUT2D eigenvalue weighted by molar-refractivity contribution is 6.00. The Labute approximate surface area is 60.8 Å². The summed E-state index contributed by atoms with van der Waals surface area (Å²) in [4.78, 5) is 21.6. The number of amides is 1. The van der Waals surface area contributed by atoms with Crippen LogP contribution in [-0.2, 0) is 9.59 Å². The van der Waals surface area contributed by atoms with Crippen molar-refractivity contribution in [1.82, 2.24) is 5.32 Å². The summed E-state index contributed by atoms with van der Waals surface area (Å²) < 4.78 is 0. The maximum atomic E-state index is 10.9. The lowest BCUT2D eigenvalue weighted by Gasteiger charge is -2.05. The van der Waals surface area contributed by atoms with E-state index in [1.807, 2.05) is 0 Å². The number of hydrogen-bond acceptors (Lipinski definition) is 2. The fourth-order valence-electron chi connectivity index (χ4n) is 0.669. The van der Waals surface area contributed by atoms with Gasteiger partial charge in [-0.15, -0.1) is 0 Å². The minimum atomic E-state index is -0.491. The molecule has 0 aliphatic rings. The van der Waals surface area contributed by atoms with Gasteiger partial charge in [-0.3, -0.25) is 9.59 Å². The van der Waals surface area contributed by atoms with E-state index in [-0.39, 0.29) is 11.7 Å². The van der Waals surface area contributed by atoms with Crippen molar-refractivity contribution < 1.29 is 9.59 Å². The highest BCUT2D eigenvalue weighted by Gasteiger charge is 2.17. The van der Waals surface area contributed by atoms with E-state index in [1.54, 1.807) is 13.8 Å². The molecule has 0 saturated carbocycles. The van der Waals surface area contributed by atoms with E-state index in [2.05, 4.69) is 5.32 Å². The van der Waals surface area contributed by atoms with Gasteiger partial charge in [0.15, 0.2) is 0 Å². The largest absolute Gasteiger partial charge is 0.359 e. The predicted molar refractivity (Wildman–Crippen MR) is 38.5 cm³/mol. The smallest absolute Gasteiger partial charge is 0.230 e. The van der Waals surface area contributed by atoms with Crippen molar-refractivity contribution >= 4 is 11.7 Å². The van der Waals surface area contributed by atoms with E-state index < -0.39 is 5.92 Å². The molecule has 0 radical (unpaired) electrons. The average Bonchev–Trinajstić information content (AvgIpc) is 2.00. The molecule has 0 spiro atoms. The SMILES string of the molecule is CCC(=O)C(C)C(=O)NC. The molecular weight excluding hydrogens is 130 g/mol. The molecule has 1 N–H and O–H groups in total. The highest BCUT2D eigenvalue weighted by Crippen LogP contribution is 1.98. The number of rotatable bonds is 3. The lowest BCUT2D eigenvalue weighted by Crippen LogP contribution is -2.30. The monoisotopic (exact) mass is 143 g/mol. The van der Waals surface area contributed by atoms with Crippen LogP contribution < -0.4 is 5.32 Å². The minimum Gasteiger partial charge on any atom is -0.359 e. The summed E-state index contributed by atoms with van der Waals surface area (Å²) in [7, 11) is 1.53. The number of ketones is 1. The average molecular weight is 143 g/mol. The van der Waals surface area contributed by atoms with Gasteiger partial charge < -0.3 is 5.32 Å². The molecule has 0 aliphatic carbocycles. The van der Waals surface area contributed by atoms with E-state index in [0.717, 1.165) is 0 Å². The number of nitrogens with one attached hydrogen (secondary N) is 1. The third-order valence-electron chi connectivity index (χ3n) is 1.47. The van der Waals surface area contributed by atoms with Gasteiger partial charge in [-0.1, -0.05) is 6.92 Å². The molecule has 0 aromatic rings. The molecule has 0 aliphatic heterocycles. The molecule has 0 heterocycles. The molecule has 10 heavy (non-hydrogen) atoms. The lowest BCUT2D eigenvalue weighted by molar-refractivity contribution is -0.132. The molecular formula is C7H13NO2. The lowest BCUT2D eigenvalue weighted by atomic mass is 10.0. The van der Waals surface area contributed by atoms with Crippen LogP contribution in [0.4, 0.5) is 0 Å². The van der Waals surface area contributed by atoms with Gasteiger partial charge in [0.25, 0.3) is 0 Å². The zero-order valence-electron chi connectivity index (χ0n) is 6.60. The second-order valence-electron chi connectivity index (χ2n) is 2.16. The van der Waals surface area contributed by atoms with Crippen LogP contribution in [-0.4, -0.2) is 18.7 Å². The zero-order chi connectivity index (χ0) is 8.15. The summed E-state index contributed by atoms with van der Waals surface area (Å²) in [6.07, 6.45) is 0.425. The number of hydrogen-bond donors (Lipinski definition) is 1. The maximum absolute atomic E-state index is 10.9. The van der Waals surface area contributed by atoms with E-state index in [9.17, 15) is 9.59 Å². The van der Waals surface area contributed by atoms with Gasteiger partial charge in [-0.05, 0) is 6.92 Å². The Hall–Kier alpha value is -0.860. The van der Waals surface area contributed by atoms with Crippen LogP contribution in [0.2, 0.25) is 0 Å². The first-order chi connectivity index (χ1) is 4.63. The molecule has 0 bridgehead atoms. The normalized spacial score (nSPS) is 12.3. The van der Waals surface area contributed by atoms with Crippen LogP contribution in [0.25, 0.3) is 0 Å². The molecule has 0 aromatic heterocycles. The Kier molecular flexibility index (Phi) is 3.69. The van der Waals surface area contributed by atoms with Crippen LogP contribution in [0, 0.1) is 5.92 Å². The van der Waals surface area contributed by atoms with Gasteiger partial charge in [0.2, 0.25) is 5.91 Å². The van der Waals surface area contributed by atoms with Gasteiger partial charge in [0, 0.05) is 13.5 Å². The van der Waals surface area contributed by atoms with Crippen LogP contribution in [0.1, 0.15) is 20.3 Å². The van der Waals surface area contributed by atoms with Crippen molar-refractivity contribution in [3.8, 4) is 0 Å². The molecule has 1 unspecified atom stereocenters. The summed E-state index contributed by atoms with van der Waals surface area (Å²) in [6.45, 7) is 3.37. The Balaban J connectivity index is 3.94. The Bertz CT molecular complexity index is 127. The first-order valence-corrected chi connectivity index (χ1v) is 3.37. The molecule has 0 fully saturated rings. The summed E-state index contributed by atoms with van der Waals surface area (Å²) in [5.41, 5.74) is 0. The topological polar surface area (TPSA) is 46.2 Å². The third kappa shape index (κ3) is 2.17. The molecule has 1 amide bonds. The fourth-order valence-corrected chi connectivity index (χ4v) is 0.669. The van der Waals surface area contributed by atoms with E-state index in [1.165, 1.54) is 7.05 Å². The molecule has 0 saturated heterocycles. The Morgan fingerprint density at radius 2 is 2.00 bits per heavy atom. The van der Waals surface area contributed by atoms with Crippen LogP contribution in [0.15, 0.2) is 0 Å². The number of Topliss-reactive ketones (excluding diaryl/α,β-unsaturated/α-hetero) is 1. The highest BCUT2D eigenvalue weighted by atomic mass is 16.2. The van der Waals surface area contributed by atoms with Crippen LogP contribution in [0.5, 0.6) is 0 Å². The first kappa shape index (κ1) is 9.14. The van der Waals surface area contributed by atoms with Crippen LogP contribution >= 0.6 is 0 Å². The Morgan fingerprint density at radius 3 is 2.30 bits per heavy atom. The third-order valence-corrected chi connectivity index (χ3v) is 1.47. The van der Waals surface area contributed by atoms with Gasteiger partial charge in [-0.2, -0.15) is 0 Å².